The number of hydrogen-bond acceptors (Lipinski definition) is 5. The predicted octanol–water partition coefficient (Wildman–Crippen LogP) is 1.26. The zero-order valence-electron chi connectivity index (χ0n) is 9.63. The van der Waals surface area contributed by atoms with Gasteiger partial charge in [-0.3, -0.25) is 0 Å². The van der Waals surface area contributed by atoms with Crippen LogP contribution in [0, 0.1) is 0 Å². The summed E-state index contributed by atoms with van der Waals surface area (Å²) in [5, 5.41) is 13.0. The maximum Gasteiger partial charge on any atom is 0.231 e. The van der Waals surface area contributed by atoms with E-state index in [0.29, 0.717) is 24.6 Å². The van der Waals surface area contributed by atoms with Crippen LogP contribution in [-0.4, -0.2) is 21.3 Å². The van der Waals surface area contributed by atoms with Gasteiger partial charge in [-0.25, -0.2) is 0 Å². The Kier molecular flexibility index (Phi) is 3.39. The molecule has 17 heavy (non-hydrogen) atoms. The van der Waals surface area contributed by atoms with Gasteiger partial charge in [0, 0.05) is 12.5 Å². The van der Waals surface area contributed by atoms with Gasteiger partial charge >= 0.3 is 0 Å². The number of aromatic hydroxyl groups is 1. The molecule has 0 saturated carbocycles. The lowest BCUT2D eigenvalue weighted by Crippen LogP contribution is -2.18. The van der Waals surface area contributed by atoms with Gasteiger partial charge in [0.05, 0.1) is 6.42 Å². The molecule has 0 amide bonds. The Hall–Kier alpha value is -1.88. The Bertz CT molecular complexity index is 477. The van der Waals surface area contributed by atoms with E-state index in [9.17, 15) is 0 Å². The summed E-state index contributed by atoms with van der Waals surface area (Å²) in [5.74, 6) is 1.44. The Morgan fingerprint density at radius 2 is 2.06 bits per heavy atom. The van der Waals surface area contributed by atoms with Crippen molar-refractivity contribution >= 4 is 0 Å². The number of nitrogens with two attached hydrogens (primary N) is 1. The van der Waals surface area contributed by atoms with Gasteiger partial charge < -0.3 is 15.4 Å². The lowest BCUT2D eigenvalue weighted by Gasteiger charge is -1.97. The SMILES string of the molecule is CC(N)Cc1noc(Cc2ccc(O)cc2)n1. The molecule has 0 aliphatic carbocycles. The van der Waals surface area contributed by atoms with Crippen LogP contribution in [0.3, 0.4) is 0 Å². The van der Waals surface area contributed by atoms with E-state index < -0.39 is 0 Å². The lowest BCUT2D eigenvalue weighted by molar-refractivity contribution is 0.378. The second-order valence-electron chi connectivity index (χ2n) is 4.13. The van der Waals surface area contributed by atoms with Crippen LogP contribution in [0.4, 0.5) is 0 Å². The van der Waals surface area contributed by atoms with Gasteiger partial charge in [-0.1, -0.05) is 17.3 Å². The van der Waals surface area contributed by atoms with E-state index in [1.54, 1.807) is 12.1 Å². The number of aromatic nitrogens is 2. The van der Waals surface area contributed by atoms with Crippen molar-refractivity contribution < 1.29 is 9.63 Å². The molecule has 2 aromatic rings. The van der Waals surface area contributed by atoms with Gasteiger partial charge in [-0.2, -0.15) is 4.98 Å². The lowest BCUT2D eigenvalue weighted by atomic mass is 10.1. The molecule has 0 aliphatic rings. The minimum atomic E-state index is 0.0223. The van der Waals surface area contributed by atoms with Crippen molar-refractivity contribution in [2.24, 2.45) is 5.73 Å². The third-order valence-corrected chi connectivity index (χ3v) is 2.31. The number of hydrogen-bond donors (Lipinski definition) is 2. The molecular formula is C12H15N3O2. The largest absolute Gasteiger partial charge is 0.508 e. The highest BCUT2D eigenvalue weighted by Gasteiger charge is 2.08. The average molecular weight is 233 g/mol. The summed E-state index contributed by atoms with van der Waals surface area (Å²) >= 11 is 0. The van der Waals surface area contributed by atoms with Crippen LogP contribution in [0.25, 0.3) is 0 Å². The predicted molar refractivity (Wildman–Crippen MR) is 62.6 cm³/mol. The van der Waals surface area contributed by atoms with E-state index in [4.69, 9.17) is 15.4 Å². The van der Waals surface area contributed by atoms with Gasteiger partial charge in [0.1, 0.15) is 5.75 Å². The molecule has 3 N–H and O–H groups in total. The molecule has 90 valence electrons. The molecule has 2 rings (SSSR count). The number of nitrogens with zero attached hydrogens (tertiary/aromatic N) is 2. The molecular weight excluding hydrogens is 218 g/mol. The first kappa shape index (κ1) is 11.6. The van der Waals surface area contributed by atoms with Gasteiger partial charge in [-0.15, -0.1) is 0 Å². The Morgan fingerprint density at radius 1 is 1.35 bits per heavy atom. The maximum atomic E-state index is 9.16. The number of phenols is 1. The molecule has 0 spiro atoms. The monoisotopic (exact) mass is 233 g/mol. The standard InChI is InChI=1S/C12H15N3O2/c1-8(13)6-11-14-12(17-15-11)7-9-2-4-10(16)5-3-9/h2-5,8,16H,6-7,13H2,1H3. The Morgan fingerprint density at radius 3 is 2.71 bits per heavy atom. The quantitative estimate of drug-likeness (QED) is 0.830. The van der Waals surface area contributed by atoms with Crippen LogP contribution in [-0.2, 0) is 12.8 Å². The van der Waals surface area contributed by atoms with E-state index in [1.165, 1.54) is 0 Å². The minimum Gasteiger partial charge on any atom is -0.508 e. The molecule has 1 atom stereocenters. The van der Waals surface area contributed by atoms with Gasteiger partial charge in [0.15, 0.2) is 5.82 Å². The fourth-order valence-electron chi connectivity index (χ4n) is 1.52. The number of phenolic OH excluding ortho intramolecular Hbond substituents is 1. The van der Waals surface area contributed by atoms with Crippen LogP contribution in [0.1, 0.15) is 24.2 Å². The highest BCUT2D eigenvalue weighted by atomic mass is 16.5. The highest BCUT2D eigenvalue weighted by Crippen LogP contribution is 2.13. The van der Waals surface area contributed by atoms with Gasteiger partial charge in [0.2, 0.25) is 5.89 Å². The molecule has 0 fully saturated rings. The number of benzene rings is 1. The third-order valence-electron chi connectivity index (χ3n) is 2.31. The summed E-state index contributed by atoms with van der Waals surface area (Å²) in [6.07, 6.45) is 1.17. The molecule has 5 nitrogen and oxygen atoms in total. The molecule has 1 aromatic heterocycles. The van der Waals surface area contributed by atoms with E-state index in [-0.39, 0.29) is 11.8 Å². The van der Waals surface area contributed by atoms with Crippen LogP contribution < -0.4 is 5.73 Å². The summed E-state index contributed by atoms with van der Waals surface area (Å²) in [7, 11) is 0. The average Bonchev–Trinajstić information content (AvgIpc) is 2.68. The van der Waals surface area contributed by atoms with E-state index in [2.05, 4.69) is 10.1 Å². The molecule has 0 bridgehead atoms. The number of rotatable bonds is 4. The van der Waals surface area contributed by atoms with Crippen molar-refractivity contribution in [2.75, 3.05) is 0 Å². The molecule has 1 heterocycles. The molecule has 5 heteroatoms. The van der Waals surface area contributed by atoms with E-state index in [0.717, 1.165) is 5.56 Å². The molecule has 1 aromatic carbocycles. The molecule has 0 radical (unpaired) electrons. The fraction of sp³-hybridized carbons (Fsp3) is 0.333. The zero-order valence-corrected chi connectivity index (χ0v) is 9.63. The van der Waals surface area contributed by atoms with Gasteiger partial charge in [0.25, 0.3) is 0 Å². The zero-order chi connectivity index (χ0) is 12.3. The summed E-state index contributed by atoms with van der Waals surface area (Å²) < 4.78 is 5.12. The second kappa shape index (κ2) is 4.97. The Balaban J connectivity index is 2.03. The molecule has 0 aliphatic heterocycles. The van der Waals surface area contributed by atoms with Crippen LogP contribution in [0.5, 0.6) is 5.75 Å². The normalized spacial score (nSPS) is 12.6. The van der Waals surface area contributed by atoms with Crippen molar-refractivity contribution in [3.63, 3.8) is 0 Å². The van der Waals surface area contributed by atoms with Crippen molar-refractivity contribution in [3.05, 3.63) is 41.5 Å². The molecule has 1 unspecified atom stereocenters. The van der Waals surface area contributed by atoms with Gasteiger partial charge in [-0.05, 0) is 24.6 Å². The second-order valence-corrected chi connectivity index (χ2v) is 4.13. The summed E-state index contributed by atoms with van der Waals surface area (Å²) in [5.41, 5.74) is 6.67. The molecule has 0 saturated heterocycles. The van der Waals surface area contributed by atoms with E-state index in [1.807, 2.05) is 19.1 Å². The van der Waals surface area contributed by atoms with Crippen LogP contribution >= 0.6 is 0 Å². The third kappa shape index (κ3) is 3.29. The van der Waals surface area contributed by atoms with Crippen molar-refractivity contribution in [1.82, 2.24) is 10.1 Å². The van der Waals surface area contributed by atoms with Crippen molar-refractivity contribution in [3.8, 4) is 5.75 Å². The first-order valence-corrected chi connectivity index (χ1v) is 5.48. The topological polar surface area (TPSA) is 85.2 Å². The van der Waals surface area contributed by atoms with Crippen LogP contribution in [0.2, 0.25) is 0 Å². The smallest absolute Gasteiger partial charge is 0.231 e. The highest BCUT2D eigenvalue weighted by molar-refractivity contribution is 5.27. The first-order valence-electron chi connectivity index (χ1n) is 5.48. The summed E-state index contributed by atoms with van der Waals surface area (Å²) in [4.78, 5) is 4.25. The summed E-state index contributed by atoms with van der Waals surface area (Å²) in [6.45, 7) is 1.90. The van der Waals surface area contributed by atoms with E-state index >= 15 is 0 Å². The Labute approximate surface area is 99.3 Å². The maximum absolute atomic E-state index is 9.16. The van der Waals surface area contributed by atoms with Crippen molar-refractivity contribution in [2.45, 2.75) is 25.8 Å². The first-order chi connectivity index (χ1) is 8.13. The van der Waals surface area contributed by atoms with Crippen molar-refractivity contribution in [1.29, 1.82) is 0 Å². The van der Waals surface area contributed by atoms with Crippen LogP contribution in [0.15, 0.2) is 28.8 Å². The minimum absolute atomic E-state index is 0.0223. The summed E-state index contributed by atoms with van der Waals surface area (Å²) in [6, 6.07) is 6.94. The fourth-order valence-corrected chi connectivity index (χ4v) is 1.52.